The highest BCUT2D eigenvalue weighted by atomic mass is 32.1. The standard InChI is InChI=1S/C11H11N3O2S/c15-11(9-2-4-17-6-9)14-3-1-8(5-14)10-12-7-16-13-10/h2,4,6-8H,1,3,5H2/t8-/m0/s1. The van der Waals surface area contributed by atoms with Crippen molar-refractivity contribution >= 4 is 17.2 Å². The van der Waals surface area contributed by atoms with Gasteiger partial charge in [0.2, 0.25) is 6.39 Å². The first-order valence-corrected chi connectivity index (χ1v) is 6.36. The van der Waals surface area contributed by atoms with Gasteiger partial charge in [0.05, 0.1) is 5.56 Å². The third kappa shape index (κ3) is 1.95. The molecule has 3 heterocycles. The van der Waals surface area contributed by atoms with E-state index in [0.29, 0.717) is 12.4 Å². The first kappa shape index (κ1) is 10.5. The molecule has 0 unspecified atom stereocenters. The number of hydrogen-bond donors (Lipinski definition) is 0. The Labute approximate surface area is 102 Å². The first-order valence-electron chi connectivity index (χ1n) is 5.42. The Bertz CT molecular complexity index is 495. The van der Waals surface area contributed by atoms with Crippen LogP contribution in [0.2, 0.25) is 0 Å². The molecule has 0 aromatic carbocycles. The Morgan fingerprint density at radius 3 is 3.24 bits per heavy atom. The molecule has 0 saturated carbocycles. The Kier molecular flexibility index (Phi) is 2.64. The molecule has 1 fully saturated rings. The second kappa shape index (κ2) is 4.29. The average molecular weight is 249 g/mol. The van der Waals surface area contributed by atoms with Crippen LogP contribution in [0.5, 0.6) is 0 Å². The van der Waals surface area contributed by atoms with Gasteiger partial charge < -0.3 is 9.42 Å². The maximum Gasteiger partial charge on any atom is 0.254 e. The maximum atomic E-state index is 12.1. The Balaban J connectivity index is 1.70. The van der Waals surface area contributed by atoms with Crippen molar-refractivity contribution in [3.8, 4) is 0 Å². The van der Waals surface area contributed by atoms with Crippen molar-refractivity contribution in [1.29, 1.82) is 0 Å². The van der Waals surface area contributed by atoms with Gasteiger partial charge in [0.15, 0.2) is 5.82 Å². The molecule has 17 heavy (non-hydrogen) atoms. The molecular formula is C11H11N3O2S. The summed E-state index contributed by atoms with van der Waals surface area (Å²) in [6.45, 7) is 1.43. The SMILES string of the molecule is O=C(c1ccsc1)N1CC[C@H](c2ncon2)C1. The lowest BCUT2D eigenvalue weighted by Gasteiger charge is -2.14. The number of hydrogen-bond acceptors (Lipinski definition) is 5. The molecule has 6 heteroatoms. The molecule has 1 atom stereocenters. The van der Waals surface area contributed by atoms with Crippen molar-refractivity contribution in [3.63, 3.8) is 0 Å². The van der Waals surface area contributed by atoms with E-state index in [2.05, 4.69) is 10.1 Å². The predicted octanol–water partition coefficient (Wildman–Crippen LogP) is 1.76. The molecule has 0 bridgehead atoms. The molecular weight excluding hydrogens is 238 g/mol. The zero-order valence-electron chi connectivity index (χ0n) is 9.07. The van der Waals surface area contributed by atoms with E-state index in [1.807, 2.05) is 21.7 Å². The summed E-state index contributed by atoms with van der Waals surface area (Å²) >= 11 is 1.54. The van der Waals surface area contributed by atoms with Gasteiger partial charge in [0.1, 0.15) is 0 Å². The van der Waals surface area contributed by atoms with Gasteiger partial charge in [-0.3, -0.25) is 4.79 Å². The van der Waals surface area contributed by atoms with Gasteiger partial charge in [-0.1, -0.05) is 5.16 Å². The van der Waals surface area contributed by atoms with E-state index in [-0.39, 0.29) is 11.8 Å². The average Bonchev–Trinajstić information content (AvgIpc) is 3.09. The van der Waals surface area contributed by atoms with Crippen molar-refractivity contribution < 1.29 is 9.32 Å². The summed E-state index contributed by atoms with van der Waals surface area (Å²) in [5, 5.41) is 7.63. The smallest absolute Gasteiger partial charge is 0.254 e. The molecule has 2 aromatic heterocycles. The van der Waals surface area contributed by atoms with Crippen molar-refractivity contribution in [3.05, 3.63) is 34.6 Å². The molecule has 0 N–H and O–H groups in total. The van der Waals surface area contributed by atoms with Crippen LogP contribution in [0, 0.1) is 0 Å². The van der Waals surface area contributed by atoms with E-state index in [1.54, 1.807) is 0 Å². The fraction of sp³-hybridized carbons (Fsp3) is 0.364. The van der Waals surface area contributed by atoms with E-state index >= 15 is 0 Å². The summed E-state index contributed by atoms with van der Waals surface area (Å²) < 4.78 is 4.73. The van der Waals surface area contributed by atoms with Gasteiger partial charge >= 0.3 is 0 Å². The fourth-order valence-electron chi connectivity index (χ4n) is 2.08. The monoisotopic (exact) mass is 249 g/mol. The highest BCUT2D eigenvalue weighted by Crippen LogP contribution is 2.25. The summed E-state index contributed by atoms with van der Waals surface area (Å²) in [6.07, 6.45) is 2.23. The molecule has 0 aliphatic carbocycles. The molecule has 1 amide bonds. The number of aromatic nitrogens is 2. The highest BCUT2D eigenvalue weighted by Gasteiger charge is 2.30. The lowest BCUT2D eigenvalue weighted by atomic mass is 10.1. The van der Waals surface area contributed by atoms with Gasteiger partial charge in [-0.15, -0.1) is 0 Å². The summed E-state index contributed by atoms with van der Waals surface area (Å²) in [5.41, 5.74) is 0.767. The molecule has 2 aromatic rings. The van der Waals surface area contributed by atoms with Crippen LogP contribution in [-0.4, -0.2) is 34.0 Å². The summed E-state index contributed by atoms with van der Waals surface area (Å²) in [7, 11) is 0. The molecule has 1 saturated heterocycles. The second-order valence-corrected chi connectivity index (χ2v) is 4.82. The largest absolute Gasteiger partial charge is 0.343 e. The number of likely N-dealkylation sites (tertiary alicyclic amines) is 1. The van der Waals surface area contributed by atoms with Crippen molar-refractivity contribution in [2.24, 2.45) is 0 Å². The number of amides is 1. The topological polar surface area (TPSA) is 59.2 Å². The zero-order chi connectivity index (χ0) is 11.7. The number of rotatable bonds is 2. The minimum Gasteiger partial charge on any atom is -0.343 e. The maximum absolute atomic E-state index is 12.1. The van der Waals surface area contributed by atoms with Gasteiger partial charge in [-0.25, -0.2) is 0 Å². The molecule has 3 rings (SSSR count). The van der Waals surface area contributed by atoms with E-state index in [4.69, 9.17) is 4.52 Å². The minimum atomic E-state index is 0.0947. The van der Waals surface area contributed by atoms with Crippen LogP contribution < -0.4 is 0 Å². The van der Waals surface area contributed by atoms with E-state index < -0.39 is 0 Å². The Morgan fingerprint density at radius 1 is 1.59 bits per heavy atom. The number of carbonyl (C=O) groups is 1. The lowest BCUT2D eigenvalue weighted by molar-refractivity contribution is 0.0791. The van der Waals surface area contributed by atoms with Crippen LogP contribution in [0.25, 0.3) is 0 Å². The van der Waals surface area contributed by atoms with Crippen LogP contribution in [0.1, 0.15) is 28.5 Å². The van der Waals surface area contributed by atoms with Gasteiger partial charge in [0, 0.05) is 24.4 Å². The van der Waals surface area contributed by atoms with E-state index in [9.17, 15) is 4.79 Å². The molecule has 1 aliphatic heterocycles. The first-order chi connectivity index (χ1) is 8.34. The quantitative estimate of drug-likeness (QED) is 0.813. The van der Waals surface area contributed by atoms with Gasteiger partial charge in [-0.2, -0.15) is 16.3 Å². The van der Waals surface area contributed by atoms with Crippen LogP contribution in [0.4, 0.5) is 0 Å². The fourth-order valence-corrected chi connectivity index (χ4v) is 2.71. The van der Waals surface area contributed by atoms with Crippen molar-refractivity contribution in [2.45, 2.75) is 12.3 Å². The van der Waals surface area contributed by atoms with Crippen LogP contribution in [-0.2, 0) is 0 Å². The third-order valence-electron chi connectivity index (χ3n) is 2.99. The second-order valence-electron chi connectivity index (χ2n) is 4.04. The molecule has 5 nitrogen and oxygen atoms in total. The summed E-state index contributed by atoms with van der Waals surface area (Å²) in [5.74, 6) is 0.999. The van der Waals surface area contributed by atoms with Crippen LogP contribution in [0.15, 0.2) is 27.7 Å². The lowest BCUT2D eigenvalue weighted by Crippen LogP contribution is -2.28. The van der Waals surface area contributed by atoms with Crippen LogP contribution >= 0.6 is 11.3 Å². The van der Waals surface area contributed by atoms with Crippen LogP contribution in [0.3, 0.4) is 0 Å². The summed E-state index contributed by atoms with van der Waals surface area (Å²) in [4.78, 5) is 18.0. The van der Waals surface area contributed by atoms with Gasteiger partial charge in [-0.05, 0) is 17.9 Å². The normalized spacial score (nSPS) is 19.8. The number of carbonyl (C=O) groups excluding carboxylic acids is 1. The zero-order valence-corrected chi connectivity index (χ0v) is 9.89. The Hall–Kier alpha value is -1.69. The van der Waals surface area contributed by atoms with Gasteiger partial charge in [0.25, 0.3) is 5.91 Å². The molecule has 0 radical (unpaired) electrons. The third-order valence-corrected chi connectivity index (χ3v) is 3.67. The number of nitrogens with zero attached hydrogens (tertiary/aromatic N) is 3. The predicted molar refractivity (Wildman–Crippen MR) is 61.9 cm³/mol. The Morgan fingerprint density at radius 2 is 2.53 bits per heavy atom. The molecule has 0 spiro atoms. The van der Waals surface area contributed by atoms with Crippen molar-refractivity contribution in [2.75, 3.05) is 13.1 Å². The minimum absolute atomic E-state index is 0.0947. The van der Waals surface area contributed by atoms with E-state index in [0.717, 1.165) is 18.5 Å². The molecule has 88 valence electrons. The summed E-state index contributed by atoms with van der Waals surface area (Å²) in [6, 6.07) is 1.86. The number of thiophene rings is 1. The van der Waals surface area contributed by atoms with Crippen molar-refractivity contribution in [1.82, 2.24) is 15.0 Å². The highest BCUT2D eigenvalue weighted by molar-refractivity contribution is 7.08. The van der Waals surface area contributed by atoms with E-state index in [1.165, 1.54) is 17.7 Å². The molecule has 1 aliphatic rings.